The van der Waals surface area contributed by atoms with E-state index in [0.29, 0.717) is 18.7 Å². The first kappa shape index (κ1) is 20.0. The molecule has 1 saturated heterocycles. The first-order valence-corrected chi connectivity index (χ1v) is 11.2. The summed E-state index contributed by atoms with van der Waals surface area (Å²) in [6.45, 7) is 3.20. The molecule has 0 N–H and O–H groups in total. The molecule has 2 bridgehead atoms. The summed E-state index contributed by atoms with van der Waals surface area (Å²) in [6.07, 6.45) is 4.49. The topological polar surface area (TPSA) is 21.7 Å². The highest BCUT2D eigenvalue weighted by Crippen LogP contribution is 2.31. The second-order valence-electron chi connectivity index (χ2n) is 8.54. The Kier molecular flexibility index (Phi) is 6.15. The van der Waals surface area contributed by atoms with Crippen molar-refractivity contribution >= 4 is 0 Å². The third-order valence-corrected chi connectivity index (χ3v) is 6.21. The monoisotopic (exact) mass is 411 g/mol. The van der Waals surface area contributed by atoms with Crippen LogP contribution in [0.2, 0.25) is 0 Å². The molecular weight excluding hydrogens is 382 g/mol. The number of benzene rings is 3. The standard InChI is InChI=1S/C28H29NO2/c1-3-8-22(9-4-1)18-29-26-15-25(16-27(29)21-30-20-26)14-24-12-7-13-28(17-24)31-19-23-10-5-2-6-11-23/h1-13,15,17,26-27H,14,16,18-21H2. The van der Waals surface area contributed by atoms with Crippen molar-refractivity contribution in [2.75, 3.05) is 13.2 Å². The van der Waals surface area contributed by atoms with E-state index in [1.807, 2.05) is 24.3 Å². The van der Waals surface area contributed by atoms with Crippen LogP contribution in [0.5, 0.6) is 5.75 Å². The average Bonchev–Trinajstić information content (AvgIpc) is 2.80. The van der Waals surface area contributed by atoms with Crippen LogP contribution in [0.4, 0.5) is 0 Å². The number of morpholine rings is 1. The minimum absolute atomic E-state index is 0.361. The molecule has 2 unspecified atom stereocenters. The van der Waals surface area contributed by atoms with E-state index < -0.39 is 0 Å². The lowest BCUT2D eigenvalue weighted by molar-refractivity contribution is -0.0440. The van der Waals surface area contributed by atoms with Crippen LogP contribution in [0.25, 0.3) is 0 Å². The number of rotatable bonds is 7. The van der Waals surface area contributed by atoms with Gasteiger partial charge in [0.2, 0.25) is 0 Å². The number of ether oxygens (including phenoxy) is 2. The van der Waals surface area contributed by atoms with Gasteiger partial charge in [-0.3, -0.25) is 4.90 Å². The van der Waals surface area contributed by atoms with E-state index in [1.54, 1.807) is 0 Å². The van der Waals surface area contributed by atoms with E-state index >= 15 is 0 Å². The predicted molar refractivity (Wildman–Crippen MR) is 124 cm³/mol. The Bertz CT molecular complexity index is 1020. The molecule has 0 aliphatic carbocycles. The number of fused-ring (bicyclic) bond motifs is 2. The molecule has 3 aromatic rings. The van der Waals surface area contributed by atoms with Gasteiger partial charge in [-0.25, -0.2) is 0 Å². The summed E-state index contributed by atoms with van der Waals surface area (Å²) in [5.74, 6) is 0.937. The fourth-order valence-corrected chi connectivity index (χ4v) is 4.67. The SMILES string of the molecule is C1=C(Cc2cccc(OCc3ccccc3)c2)CC2COCC1N2Cc1ccccc1. The number of hydrogen-bond donors (Lipinski definition) is 0. The molecule has 2 atom stereocenters. The van der Waals surface area contributed by atoms with E-state index in [4.69, 9.17) is 9.47 Å². The first-order valence-electron chi connectivity index (χ1n) is 11.2. The highest BCUT2D eigenvalue weighted by molar-refractivity contribution is 5.33. The second-order valence-corrected chi connectivity index (χ2v) is 8.54. The maximum Gasteiger partial charge on any atom is 0.120 e. The van der Waals surface area contributed by atoms with Crippen LogP contribution in [0.15, 0.2) is 96.6 Å². The van der Waals surface area contributed by atoms with Gasteiger partial charge in [0.25, 0.3) is 0 Å². The van der Waals surface area contributed by atoms with Crippen molar-refractivity contribution in [3.63, 3.8) is 0 Å². The van der Waals surface area contributed by atoms with Crippen molar-refractivity contribution in [2.24, 2.45) is 0 Å². The zero-order chi connectivity index (χ0) is 20.9. The van der Waals surface area contributed by atoms with Crippen LogP contribution in [0.3, 0.4) is 0 Å². The van der Waals surface area contributed by atoms with Gasteiger partial charge in [0.1, 0.15) is 12.4 Å². The summed E-state index contributed by atoms with van der Waals surface area (Å²) in [5, 5.41) is 0. The molecule has 0 aromatic heterocycles. The lowest BCUT2D eigenvalue weighted by Crippen LogP contribution is -2.53. The Morgan fingerprint density at radius 1 is 0.806 bits per heavy atom. The molecule has 0 amide bonds. The molecule has 2 aliphatic rings. The van der Waals surface area contributed by atoms with Gasteiger partial charge < -0.3 is 9.47 Å². The van der Waals surface area contributed by atoms with Crippen LogP contribution < -0.4 is 4.74 Å². The van der Waals surface area contributed by atoms with Gasteiger partial charge in [-0.1, -0.05) is 84.4 Å². The molecule has 3 aromatic carbocycles. The Hall–Kier alpha value is -2.88. The fourth-order valence-electron chi connectivity index (χ4n) is 4.67. The molecule has 5 rings (SSSR count). The van der Waals surface area contributed by atoms with Crippen molar-refractivity contribution in [3.05, 3.63) is 113 Å². The maximum absolute atomic E-state index is 6.03. The summed E-state index contributed by atoms with van der Waals surface area (Å²) < 4.78 is 11.9. The van der Waals surface area contributed by atoms with Crippen LogP contribution in [-0.4, -0.2) is 30.2 Å². The van der Waals surface area contributed by atoms with Gasteiger partial charge in [0, 0.05) is 12.6 Å². The van der Waals surface area contributed by atoms with Crippen molar-refractivity contribution in [3.8, 4) is 5.75 Å². The molecule has 1 fully saturated rings. The van der Waals surface area contributed by atoms with Crippen molar-refractivity contribution in [1.29, 1.82) is 0 Å². The van der Waals surface area contributed by atoms with Gasteiger partial charge in [0.05, 0.1) is 19.3 Å². The Morgan fingerprint density at radius 2 is 1.55 bits per heavy atom. The second kappa shape index (κ2) is 9.51. The van der Waals surface area contributed by atoms with E-state index in [1.165, 1.54) is 22.3 Å². The summed E-state index contributed by atoms with van der Waals surface area (Å²) in [4.78, 5) is 2.61. The van der Waals surface area contributed by atoms with Gasteiger partial charge in [-0.15, -0.1) is 0 Å². The normalized spacial score (nSPS) is 20.8. The van der Waals surface area contributed by atoms with Crippen molar-refractivity contribution < 1.29 is 9.47 Å². The van der Waals surface area contributed by atoms with Crippen LogP contribution >= 0.6 is 0 Å². The maximum atomic E-state index is 6.03. The van der Waals surface area contributed by atoms with Crippen LogP contribution in [-0.2, 0) is 24.3 Å². The van der Waals surface area contributed by atoms with Crippen LogP contribution in [0, 0.1) is 0 Å². The quantitative estimate of drug-likeness (QED) is 0.486. The van der Waals surface area contributed by atoms with Crippen molar-refractivity contribution in [2.45, 2.75) is 38.1 Å². The summed E-state index contributed by atoms with van der Waals surface area (Å²) in [6, 6.07) is 30.4. The lowest BCUT2D eigenvalue weighted by Gasteiger charge is -2.45. The lowest BCUT2D eigenvalue weighted by atomic mass is 9.90. The van der Waals surface area contributed by atoms with Gasteiger partial charge in [0.15, 0.2) is 0 Å². The third-order valence-electron chi connectivity index (χ3n) is 6.21. The molecule has 2 aliphatic heterocycles. The van der Waals surface area contributed by atoms with E-state index in [2.05, 4.69) is 71.6 Å². The molecule has 31 heavy (non-hydrogen) atoms. The molecule has 0 saturated carbocycles. The molecule has 3 heteroatoms. The van der Waals surface area contributed by atoms with Gasteiger partial charge in [-0.05, 0) is 41.7 Å². The molecule has 3 nitrogen and oxygen atoms in total. The molecule has 0 radical (unpaired) electrons. The Labute approximate surface area is 184 Å². The molecular formula is C28H29NO2. The third kappa shape index (κ3) is 5.07. The Morgan fingerprint density at radius 3 is 2.32 bits per heavy atom. The molecule has 2 heterocycles. The van der Waals surface area contributed by atoms with E-state index in [9.17, 15) is 0 Å². The number of nitrogens with zero attached hydrogens (tertiary/aromatic N) is 1. The van der Waals surface area contributed by atoms with E-state index in [0.717, 1.165) is 38.3 Å². The Balaban J connectivity index is 1.25. The first-order chi connectivity index (χ1) is 15.3. The summed E-state index contributed by atoms with van der Waals surface area (Å²) >= 11 is 0. The smallest absolute Gasteiger partial charge is 0.120 e. The fraction of sp³-hybridized carbons (Fsp3) is 0.286. The van der Waals surface area contributed by atoms with Crippen molar-refractivity contribution in [1.82, 2.24) is 4.90 Å². The van der Waals surface area contributed by atoms with Gasteiger partial charge >= 0.3 is 0 Å². The van der Waals surface area contributed by atoms with Gasteiger partial charge in [-0.2, -0.15) is 0 Å². The van der Waals surface area contributed by atoms with Crippen LogP contribution in [0.1, 0.15) is 23.1 Å². The zero-order valence-electron chi connectivity index (χ0n) is 17.8. The summed E-state index contributed by atoms with van der Waals surface area (Å²) in [7, 11) is 0. The molecule has 0 spiro atoms. The predicted octanol–water partition coefficient (Wildman–Crippen LogP) is 5.41. The molecule has 158 valence electrons. The minimum atomic E-state index is 0.361. The number of hydrogen-bond acceptors (Lipinski definition) is 3. The summed E-state index contributed by atoms with van der Waals surface area (Å²) in [5.41, 5.74) is 5.39. The minimum Gasteiger partial charge on any atom is -0.489 e. The van der Waals surface area contributed by atoms with E-state index in [-0.39, 0.29) is 0 Å². The highest BCUT2D eigenvalue weighted by atomic mass is 16.5. The zero-order valence-corrected chi connectivity index (χ0v) is 17.8. The average molecular weight is 412 g/mol. The largest absolute Gasteiger partial charge is 0.489 e. The highest BCUT2D eigenvalue weighted by Gasteiger charge is 2.34.